The fourth-order valence-corrected chi connectivity index (χ4v) is 1.52. The highest BCUT2D eigenvalue weighted by molar-refractivity contribution is 5.49. The monoisotopic (exact) mass is 222 g/mol. The number of aromatic nitrogens is 2. The summed E-state index contributed by atoms with van der Waals surface area (Å²) in [6.07, 6.45) is 4.61. The lowest BCUT2D eigenvalue weighted by Crippen LogP contribution is -2.26. The van der Waals surface area contributed by atoms with E-state index < -0.39 is 0 Å². The summed E-state index contributed by atoms with van der Waals surface area (Å²) in [5.74, 6) is 1.60. The Morgan fingerprint density at radius 3 is 2.75 bits per heavy atom. The molecule has 0 radical (unpaired) electrons. The molecule has 88 valence electrons. The first-order chi connectivity index (χ1) is 7.78. The molecular formula is C11H18N4O. The van der Waals surface area contributed by atoms with Gasteiger partial charge >= 0.3 is 0 Å². The second-order valence-corrected chi connectivity index (χ2v) is 4.28. The van der Waals surface area contributed by atoms with Gasteiger partial charge in [-0.1, -0.05) is 6.92 Å². The average Bonchev–Trinajstić information content (AvgIpc) is 3.07. The van der Waals surface area contributed by atoms with Crippen molar-refractivity contribution in [3.05, 3.63) is 12.4 Å². The molecule has 1 saturated carbocycles. The number of nitrogens with one attached hydrogen (secondary N) is 2. The molecule has 0 atom stereocenters. The van der Waals surface area contributed by atoms with Gasteiger partial charge in [0.15, 0.2) is 0 Å². The van der Waals surface area contributed by atoms with Gasteiger partial charge in [0.05, 0.1) is 12.1 Å². The Bertz CT molecular complexity index is 352. The van der Waals surface area contributed by atoms with E-state index in [0.717, 1.165) is 37.4 Å². The number of hydrogen-bond donors (Lipinski definition) is 3. The van der Waals surface area contributed by atoms with Gasteiger partial charge in [0, 0.05) is 12.6 Å². The largest absolute Gasteiger partial charge is 0.394 e. The van der Waals surface area contributed by atoms with E-state index >= 15 is 0 Å². The fourth-order valence-electron chi connectivity index (χ4n) is 1.52. The van der Waals surface area contributed by atoms with Gasteiger partial charge in [-0.05, 0) is 19.3 Å². The van der Waals surface area contributed by atoms with Crippen LogP contribution in [0.5, 0.6) is 0 Å². The molecular weight excluding hydrogens is 204 g/mol. The molecule has 0 unspecified atom stereocenters. The number of anilines is 2. The summed E-state index contributed by atoms with van der Waals surface area (Å²) in [6.45, 7) is 3.18. The van der Waals surface area contributed by atoms with Gasteiger partial charge < -0.3 is 15.7 Å². The second kappa shape index (κ2) is 4.65. The van der Waals surface area contributed by atoms with E-state index in [2.05, 4.69) is 27.5 Å². The topological polar surface area (TPSA) is 70.1 Å². The highest BCUT2D eigenvalue weighted by Crippen LogP contribution is 2.37. The van der Waals surface area contributed by atoms with Crippen LogP contribution < -0.4 is 10.6 Å². The summed E-state index contributed by atoms with van der Waals surface area (Å²) in [6, 6.07) is 1.88. The Hall–Kier alpha value is -1.36. The summed E-state index contributed by atoms with van der Waals surface area (Å²) >= 11 is 0. The first-order valence-electron chi connectivity index (χ1n) is 5.73. The zero-order valence-electron chi connectivity index (χ0n) is 9.53. The summed E-state index contributed by atoms with van der Waals surface area (Å²) < 4.78 is 0. The van der Waals surface area contributed by atoms with Crippen LogP contribution >= 0.6 is 0 Å². The van der Waals surface area contributed by atoms with E-state index in [-0.39, 0.29) is 12.1 Å². The molecule has 5 heteroatoms. The minimum atomic E-state index is -0.129. The van der Waals surface area contributed by atoms with Crippen molar-refractivity contribution in [3.8, 4) is 0 Å². The summed E-state index contributed by atoms with van der Waals surface area (Å²) in [4.78, 5) is 8.28. The van der Waals surface area contributed by atoms with Crippen LogP contribution in [0.3, 0.4) is 0 Å². The highest BCUT2D eigenvalue weighted by atomic mass is 16.3. The maximum absolute atomic E-state index is 9.21. The van der Waals surface area contributed by atoms with Crippen LogP contribution in [0.25, 0.3) is 0 Å². The SMILES string of the molecule is CCCNc1cc(NC2(CO)CC2)ncn1. The van der Waals surface area contributed by atoms with Gasteiger partial charge in [-0.2, -0.15) is 0 Å². The van der Waals surface area contributed by atoms with Crippen molar-refractivity contribution in [1.29, 1.82) is 0 Å². The Kier molecular flexibility index (Phi) is 3.24. The molecule has 5 nitrogen and oxygen atoms in total. The number of hydrogen-bond acceptors (Lipinski definition) is 5. The van der Waals surface area contributed by atoms with Crippen molar-refractivity contribution >= 4 is 11.6 Å². The maximum Gasteiger partial charge on any atom is 0.131 e. The molecule has 0 spiro atoms. The molecule has 1 aromatic rings. The average molecular weight is 222 g/mol. The van der Waals surface area contributed by atoms with Gasteiger partial charge in [0.25, 0.3) is 0 Å². The first kappa shape index (κ1) is 11.1. The Labute approximate surface area is 95.3 Å². The van der Waals surface area contributed by atoms with Crippen molar-refractivity contribution in [2.45, 2.75) is 31.7 Å². The lowest BCUT2D eigenvalue weighted by Gasteiger charge is -2.15. The van der Waals surface area contributed by atoms with Crippen LogP contribution in [0, 0.1) is 0 Å². The van der Waals surface area contributed by atoms with Crippen LogP contribution in [-0.4, -0.2) is 33.8 Å². The standard InChI is InChI=1S/C11H18N4O/c1-2-5-12-9-6-10(14-8-13-9)15-11(7-16)3-4-11/h6,8,16H,2-5,7H2,1H3,(H2,12,13,14,15). The van der Waals surface area contributed by atoms with Gasteiger partial charge in [-0.15, -0.1) is 0 Å². The normalized spacial score (nSPS) is 16.9. The molecule has 0 saturated heterocycles. The smallest absolute Gasteiger partial charge is 0.131 e. The zero-order chi connectivity index (χ0) is 11.4. The molecule has 0 bridgehead atoms. The Balaban J connectivity index is 1.99. The second-order valence-electron chi connectivity index (χ2n) is 4.28. The summed E-state index contributed by atoms with van der Waals surface area (Å²) in [7, 11) is 0. The fraction of sp³-hybridized carbons (Fsp3) is 0.636. The van der Waals surface area contributed by atoms with Crippen LogP contribution in [-0.2, 0) is 0 Å². The molecule has 1 aromatic heterocycles. The predicted molar refractivity (Wildman–Crippen MR) is 63.5 cm³/mol. The molecule has 0 aromatic carbocycles. The predicted octanol–water partition coefficient (Wildman–Crippen LogP) is 1.24. The summed E-state index contributed by atoms with van der Waals surface area (Å²) in [5, 5.41) is 15.7. The highest BCUT2D eigenvalue weighted by Gasteiger charge is 2.42. The molecule has 16 heavy (non-hydrogen) atoms. The van der Waals surface area contributed by atoms with Crippen LogP contribution in [0.4, 0.5) is 11.6 Å². The molecule has 0 amide bonds. The third-order valence-electron chi connectivity index (χ3n) is 2.77. The van der Waals surface area contributed by atoms with E-state index in [1.807, 2.05) is 6.07 Å². The maximum atomic E-state index is 9.21. The Morgan fingerprint density at radius 2 is 2.12 bits per heavy atom. The zero-order valence-corrected chi connectivity index (χ0v) is 9.53. The van der Waals surface area contributed by atoms with Gasteiger partial charge in [0.2, 0.25) is 0 Å². The van der Waals surface area contributed by atoms with Crippen LogP contribution in [0.15, 0.2) is 12.4 Å². The molecule has 1 heterocycles. The number of aliphatic hydroxyl groups is 1. The third-order valence-corrected chi connectivity index (χ3v) is 2.77. The molecule has 1 fully saturated rings. The minimum Gasteiger partial charge on any atom is -0.394 e. The van der Waals surface area contributed by atoms with E-state index in [1.54, 1.807) is 0 Å². The van der Waals surface area contributed by atoms with Crippen LogP contribution in [0.1, 0.15) is 26.2 Å². The number of rotatable bonds is 6. The summed E-state index contributed by atoms with van der Waals surface area (Å²) in [5.41, 5.74) is -0.129. The van der Waals surface area contributed by atoms with E-state index in [4.69, 9.17) is 0 Å². The minimum absolute atomic E-state index is 0.129. The molecule has 1 aliphatic rings. The third kappa shape index (κ3) is 2.61. The number of aliphatic hydroxyl groups excluding tert-OH is 1. The molecule has 1 aliphatic carbocycles. The molecule has 3 N–H and O–H groups in total. The van der Waals surface area contributed by atoms with Crippen molar-refractivity contribution in [1.82, 2.24) is 9.97 Å². The quantitative estimate of drug-likeness (QED) is 0.675. The number of nitrogens with zero attached hydrogens (tertiary/aromatic N) is 2. The van der Waals surface area contributed by atoms with Gasteiger partial charge in [-0.25, -0.2) is 9.97 Å². The van der Waals surface area contributed by atoms with E-state index in [1.165, 1.54) is 6.33 Å². The Morgan fingerprint density at radius 1 is 1.38 bits per heavy atom. The van der Waals surface area contributed by atoms with E-state index in [0.29, 0.717) is 0 Å². The molecule has 2 rings (SSSR count). The van der Waals surface area contributed by atoms with Crippen molar-refractivity contribution in [3.63, 3.8) is 0 Å². The van der Waals surface area contributed by atoms with Crippen LogP contribution in [0.2, 0.25) is 0 Å². The lowest BCUT2D eigenvalue weighted by atomic mass is 10.3. The lowest BCUT2D eigenvalue weighted by molar-refractivity contribution is 0.266. The van der Waals surface area contributed by atoms with Crippen molar-refractivity contribution in [2.75, 3.05) is 23.8 Å². The molecule has 0 aliphatic heterocycles. The van der Waals surface area contributed by atoms with Crippen molar-refractivity contribution < 1.29 is 5.11 Å². The first-order valence-corrected chi connectivity index (χ1v) is 5.73. The van der Waals surface area contributed by atoms with Gasteiger partial charge in [0.1, 0.15) is 18.0 Å². The van der Waals surface area contributed by atoms with E-state index in [9.17, 15) is 5.11 Å². The van der Waals surface area contributed by atoms with Gasteiger partial charge in [-0.3, -0.25) is 0 Å². The van der Waals surface area contributed by atoms with Crippen molar-refractivity contribution in [2.24, 2.45) is 0 Å².